The zero-order valence-electron chi connectivity index (χ0n) is 21.5. The predicted molar refractivity (Wildman–Crippen MR) is 159 cm³/mol. The Hall–Kier alpha value is -4.38. The van der Waals surface area contributed by atoms with Crippen molar-refractivity contribution in [2.45, 2.75) is 29.5 Å². The van der Waals surface area contributed by atoms with E-state index >= 15 is 0 Å². The van der Waals surface area contributed by atoms with Crippen LogP contribution in [0.4, 0.5) is 10.3 Å². The molecule has 0 saturated heterocycles. The molecule has 3 aromatic heterocycles. The van der Waals surface area contributed by atoms with Gasteiger partial charge in [-0.3, -0.25) is 19.5 Å². The molecule has 41 heavy (non-hydrogen) atoms. The van der Waals surface area contributed by atoms with Crippen molar-refractivity contribution in [1.29, 1.82) is 5.26 Å². The maximum absolute atomic E-state index is 13.2. The molecule has 1 amide bonds. The number of anilines is 2. The van der Waals surface area contributed by atoms with E-state index < -0.39 is 5.92 Å². The van der Waals surface area contributed by atoms with Crippen LogP contribution in [0.2, 0.25) is 0 Å². The summed E-state index contributed by atoms with van der Waals surface area (Å²) in [6.07, 6.45) is 5.00. The number of pyridine rings is 1. The number of nitrogens with zero attached hydrogens (tertiary/aromatic N) is 6. The highest BCUT2D eigenvalue weighted by molar-refractivity contribution is 8.01. The average Bonchev–Trinajstić information content (AvgIpc) is 3.66. The first-order valence-corrected chi connectivity index (χ1v) is 15.3. The van der Waals surface area contributed by atoms with Gasteiger partial charge in [0, 0.05) is 41.0 Å². The van der Waals surface area contributed by atoms with Crippen LogP contribution in [0.1, 0.15) is 30.7 Å². The van der Waals surface area contributed by atoms with E-state index in [1.807, 2.05) is 41.8 Å². The van der Waals surface area contributed by atoms with Crippen LogP contribution in [0.25, 0.3) is 11.3 Å². The molecule has 0 spiro atoms. The SMILES string of the molecule is N#CC1=C(N)N(c2nnc(SCC(=O)Nc3nc(-c4ccccc4)cs3)s2)C2=C(C(=O)CCC2)C1c1cccnc1. The molecule has 2 aliphatic rings. The van der Waals surface area contributed by atoms with Crippen molar-refractivity contribution in [2.24, 2.45) is 5.73 Å². The van der Waals surface area contributed by atoms with E-state index in [4.69, 9.17) is 5.73 Å². The summed E-state index contributed by atoms with van der Waals surface area (Å²) in [5, 5.41) is 24.4. The van der Waals surface area contributed by atoms with Crippen LogP contribution in [-0.2, 0) is 9.59 Å². The standard InChI is InChI=1S/C28H22N8O2S3/c29-12-18-23(17-8-5-11-31-13-17)24-20(9-4-10-21(24)37)36(25(18)30)27-34-35-28(41-27)40-15-22(38)33-26-32-19(14-39-26)16-6-2-1-3-7-16/h1-3,5-8,11,13-14,23H,4,9-10,15,30H2,(H,32,33,38). The number of allylic oxidation sites excluding steroid dienone is 3. The van der Waals surface area contributed by atoms with E-state index in [-0.39, 0.29) is 28.8 Å². The number of rotatable bonds is 7. The summed E-state index contributed by atoms with van der Waals surface area (Å²) >= 11 is 3.86. The molecule has 1 aliphatic carbocycles. The molecule has 1 atom stereocenters. The number of ketones is 1. The van der Waals surface area contributed by atoms with Gasteiger partial charge in [0.25, 0.3) is 0 Å². The van der Waals surface area contributed by atoms with Crippen molar-refractivity contribution < 1.29 is 9.59 Å². The fourth-order valence-corrected chi connectivity index (χ4v) is 7.31. The molecular formula is C28H22N8O2S3. The number of carbonyl (C=O) groups excluding carboxylic acids is 2. The number of nitrogens with one attached hydrogen (secondary N) is 1. The first kappa shape index (κ1) is 26.8. The molecule has 3 N–H and O–H groups in total. The summed E-state index contributed by atoms with van der Waals surface area (Å²) in [4.78, 5) is 36.2. The summed E-state index contributed by atoms with van der Waals surface area (Å²) < 4.78 is 0.559. The fourth-order valence-electron chi connectivity index (χ4n) is 4.89. The Labute approximate surface area is 247 Å². The molecular weight excluding hydrogens is 577 g/mol. The smallest absolute Gasteiger partial charge is 0.236 e. The lowest BCUT2D eigenvalue weighted by molar-refractivity contribution is -0.116. The van der Waals surface area contributed by atoms with Crippen molar-refractivity contribution >= 4 is 56.4 Å². The van der Waals surface area contributed by atoms with Gasteiger partial charge in [0.15, 0.2) is 15.3 Å². The van der Waals surface area contributed by atoms with E-state index in [2.05, 4.69) is 31.6 Å². The highest BCUT2D eigenvalue weighted by Gasteiger charge is 2.41. The Kier molecular flexibility index (Phi) is 7.60. The average molecular weight is 599 g/mol. The maximum Gasteiger partial charge on any atom is 0.236 e. The van der Waals surface area contributed by atoms with E-state index in [0.29, 0.717) is 39.4 Å². The second-order valence-electron chi connectivity index (χ2n) is 9.19. The molecule has 0 fully saturated rings. The Bertz CT molecular complexity index is 1720. The number of carbonyl (C=O) groups is 2. The number of aromatic nitrogens is 4. The largest absolute Gasteiger partial charge is 0.384 e. The number of thiazole rings is 1. The van der Waals surface area contributed by atoms with Crippen LogP contribution in [0.5, 0.6) is 0 Å². The molecule has 6 rings (SSSR count). The van der Waals surface area contributed by atoms with Crippen LogP contribution in [0.15, 0.2) is 87.2 Å². The predicted octanol–water partition coefficient (Wildman–Crippen LogP) is 5.09. The molecule has 1 unspecified atom stereocenters. The Morgan fingerprint density at radius 1 is 1.20 bits per heavy atom. The molecule has 0 radical (unpaired) electrons. The van der Waals surface area contributed by atoms with Gasteiger partial charge in [-0.25, -0.2) is 4.98 Å². The number of amides is 1. The van der Waals surface area contributed by atoms with Crippen molar-refractivity contribution in [3.8, 4) is 17.3 Å². The van der Waals surface area contributed by atoms with E-state index in [1.54, 1.807) is 23.4 Å². The molecule has 4 heterocycles. The van der Waals surface area contributed by atoms with Crippen LogP contribution in [0, 0.1) is 11.3 Å². The highest BCUT2D eigenvalue weighted by atomic mass is 32.2. The minimum Gasteiger partial charge on any atom is -0.384 e. The number of benzene rings is 1. The summed E-state index contributed by atoms with van der Waals surface area (Å²) in [6.45, 7) is 0. The summed E-state index contributed by atoms with van der Waals surface area (Å²) in [7, 11) is 0. The Morgan fingerprint density at radius 3 is 2.83 bits per heavy atom. The third-order valence-corrected chi connectivity index (χ3v) is 9.46. The van der Waals surface area contributed by atoms with Crippen molar-refractivity contribution in [3.63, 3.8) is 0 Å². The van der Waals surface area contributed by atoms with E-state index in [1.165, 1.54) is 34.4 Å². The third-order valence-electron chi connectivity index (χ3n) is 6.66. The zero-order valence-corrected chi connectivity index (χ0v) is 23.9. The molecule has 4 aromatic rings. The van der Waals surface area contributed by atoms with Crippen LogP contribution < -0.4 is 16.0 Å². The molecule has 1 aromatic carbocycles. The summed E-state index contributed by atoms with van der Waals surface area (Å²) in [5.74, 6) is -0.477. The Balaban J connectivity index is 1.20. The molecule has 1 aliphatic heterocycles. The van der Waals surface area contributed by atoms with Crippen molar-refractivity contribution in [1.82, 2.24) is 20.2 Å². The number of nitriles is 1. The maximum atomic E-state index is 13.2. The lowest BCUT2D eigenvalue weighted by Crippen LogP contribution is -2.38. The minimum atomic E-state index is -0.577. The third kappa shape index (κ3) is 5.37. The number of hydrogen-bond donors (Lipinski definition) is 2. The van der Waals surface area contributed by atoms with Gasteiger partial charge in [0.1, 0.15) is 5.82 Å². The monoisotopic (exact) mass is 598 g/mol. The Morgan fingerprint density at radius 2 is 2.05 bits per heavy atom. The van der Waals surface area contributed by atoms with Crippen LogP contribution in [0.3, 0.4) is 0 Å². The second kappa shape index (κ2) is 11.6. The first-order chi connectivity index (χ1) is 20.0. The number of thioether (sulfide) groups is 1. The van der Waals surface area contributed by atoms with Crippen LogP contribution >= 0.6 is 34.4 Å². The normalized spacial score (nSPS) is 16.9. The quantitative estimate of drug-likeness (QED) is 0.275. The molecule has 13 heteroatoms. The van der Waals surface area contributed by atoms with Crippen LogP contribution in [-0.4, -0.2) is 37.6 Å². The molecule has 10 nitrogen and oxygen atoms in total. The topological polar surface area (TPSA) is 151 Å². The molecule has 0 bridgehead atoms. The van der Waals surface area contributed by atoms with Gasteiger partial charge in [0.05, 0.1) is 29.0 Å². The summed E-state index contributed by atoms with van der Waals surface area (Å²) in [5.41, 5.74) is 10.7. The lowest BCUT2D eigenvalue weighted by Gasteiger charge is -2.37. The number of nitrogens with two attached hydrogens (primary N) is 1. The van der Waals surface area contributed by atoms with Crippen molar-refractivity contribution in [3.05, 3.63) is 88.5 Å². The van der Waals surface area contributed by atoms with Crippen molar-refractivity contribution in [2.75, 3.05) is 16.0 Å². The van der Waals surface area contributed by atoms with Gasteiger partial charge < -0.3 is 11.1 Å². The number of Topliss-reactive ketones (excluding diaryl/α,β-unsaturated/α-hetero) is 1. The molecule has 0 saturated carbocycles. The second-order valence-corrected chi connectivity index (χ2v) is 12.2. The van der Waals surface area contributed by atoms with Gasteiger partial charge >= 0.3 is 0 Å². The fraction of sp³-hybridized carbons (Fsp3) is 0.179. The minimum absolute atomic E-state index is 0.0150. The van der Waals surface area contributed by atoms with Gasteiger partial charge in [-0.1, -0.05) is 59.5 Å². The van der Waals surface area contributed by atoms with Gasteiger partial charge in [-0.15, -0.1) is 21.5 Å². The van der Waals surface area contributed by atoms with Gasteiger partial charge in [0.2, 0.25) is 11.0 Å². The first-order valence-electron chi connectivity index (χ1n) is 12.7. The lowest BCUT2D eigenvalue weighted by atomic mass is 9.76. The van der Waals surface area contributed by atoms with Gasteiger partial charge in [-0.2, -0.15) is 5.26 Å². The number of hydrogen-bond acceptors (Lipinski definition) is 12. The highest BCUT2D eigenvalue weighted by Crippen LogP contribution is 2.47. The molecule has 204 valence electrons. The zero-order chi connectivity index (χ0) is 28.3. The van der Waals surface area contributed by atoms with E-state index in [9.17, 15) is 14.9 Å². The van der Waals surface area contributed by atoms with Gasteiger partial charge in [-0.05, 0) is 24.5 Å². The summed E-state index contributed by atoms with van der Waals surface area (Å²) in [6, 6.07) is 15.6. The van der Waals surface area contributed by atoms with E-state index in [0.717, 1.165) is 22.5 Å².